The van der Waals surface area contributed by atoms with Gasteiger partial charge in [0.1, 0.15) is 12.6 Å². The van der Waals surface area contributed by atoms with Gasteiger partial charge in [0.25, 0.3) is 0 Å². The van der Waals surface area contributed by atoms with Crippen molar-refractivity contribution in [2.75, 3.05) is 19.6 Å². The lowest BCUT2D eigenvalue weighted by Gasteiger charge is -2.43. The molecule has 0 aliphatic heterocycles. The lowest BCUT2D eigenvalue weighted by atomic mass is 10.1. The van der Waals surface area contributed by atoms with Crippen molar-refractivity contribution >= 4 is 11.6 Å². The number of hydrogen-bond donors (Lipinski definition) is 1. The minimum Gasteiger partial charge on any atom is -1.00 e. The molecule has 25 heavy (non-hydrogen) atoms. The Morgan fingerprint density at radius 2 is 1.24 bits per heavy atom. The Bertz CT molecular complexity index is 277. The van der Waals surface area contributed by atoms with Crippen molar-refractivity contribution in [2.24, 2.45) is 0 Å². The molecular weight excluding hydrogens is 353 g/mol. The van der Waals surface area contributed by atoms with Crippen molar-refractivity contribution in [3.8, 4) is 0 Å². The van der Waals surface area contributed by atoms with Crippen molar-refractivity contribution in [1.29, 1.82) is 0 Å². The van der Waals surface area contributed by atoms with Crippen molar-refractivity contribution in [3.63, 3.8) is 0 Å². The third kappa shape index (κ3) is 13.3. The van der Waals surface area contributed by atoms with Gasteiger partial charge in [-0.05, 0) is 26.2 Å². The van der Waals surface area contributed by atoms with E-state index in [2.05, 4.69) is 20.8 Å². The Morgan fingerprint density at radius 3 is 1.64 bits per heavy atom. The monoisotopic (exact) mass is 397 g/mol. The zero-order valence-corrected chi connectivity index (χ0v) is 18.9. The minimum atomic E-state index is -0.271. The van der Waals surface area contributed by atoms with Crippen LogP contribution in [0.5, 0.6) is 0 Å². The molecule has 2 nitrogen and oxygen atoms in total. The predicted octanol–water partition coefficient (Wildman–Crippen LogP) is 3.49. The number of unbranched alkanes of at least 4 members (excludes halogenated alkanes) is 9. The maximum atomic E-state index is 9.95. The summed E-state index contributed by atoms with van der Waals surface area (Å²) >= 11 is 6.69. The molecule has 0 radical (unpaired) electrons. The molecule has 1 N–H and O–H groups in total. The molecule has 0 spiro atoms. The predicted molar refractivity (Wildman–Crippen MR) is 109 cm³/mol. The molecule has 0 rings (SSSR count). The van der Waals surface area contributed by atoms with Gasteiger partial charge in [0.15, 0.2) is 5.50 Å². The van der Waals surface area contributed by atoms with Gasteiger partial charge in [-0.3, -0.25) is 0 Å². The molecule has 0 fully saturated rings. The summed E-state index contributed by atoms with van der Waals surface area (Å²) in [6.45, 7) is 11.6. The van der Waals surface area contributed by atoms with Crippen molar-refractivity contribution < 1.29 is 22.0 Å². The van der Waals surface area contributed by atoms with E-state index in [1.165, 1.54) is 64.2 Å². The normalized spacial score (nSPS) is 16.1. The van der Waals surface area contributed by atoms with Crippen LogP contribution in [0, 0.1) is 0 Å². The number of quaternary nitrogens is 1. The van der Waals surface area contributed by atoms with Crippen molar-refractivity contribution in [2.45, 2.75) is 116 Å². The summed E-state index contributed by atoms with van der Waals surface area (Å²) in [6, 6.07) is 0. The Balaban J connectivity index is 0. The van der Waals surface area contributed by atoms with Crippen LogP contribution in [0.3, 0.4) is 0 Å². The highest BCUT2D eigenvalue weighted by Crippen LogP contribution is 2.24. The van der Waals surface area contributed by atoms with Gasteiger partial charge in [-0.15, -0.1) is 0 Å². The van der Waals surface area contributed by atoms with Gasteiger partial charge in [0, 0.05) is 6.42 Å². The van der Waals surface area contributed by atoms with E-state index in [0.717, 1.165) is 37.0 Å². The third-order valence-corrected chi connectivity index (χ3v) is 5.91. The number of aliphatic hydroxyl groups is 1. The average molecular weight is 399 g/mol. The van der Waals surface area contributed by atoms with E-state index in [0.29, 0.717) is 0 Å². The van der Waals surface area contributed by atoms with Crippen LogP contribution >= 0.6 is 11.6 Å². The van der Waals surface area contributed by atoms with Gasteiger partial charge in [-0.25, -0.2) is 0 Å². The molecule has 0 bridgehead atoms. The van der Waals surface area contributed by atoms with Gasteiger partial charge in [0.2, 0.25) is 0 Å². The summed E-state index contributed by atoms with van der Waals surface area (Å²) < 4.78 is 0.892. The molecule has 0 saturated heterocycles. The van der Waals surface area contributed by atoms with E-state index in [1.807, 2.05) is 6.92 Å². The minimum absolute atomic E-state index is 0. The van der Waals surface area contributed by atoms with Gasteiger partial charge in [-0.2, -0.15) is 0 Å². The summed E-state index contributed by atoms with van der Waals surface area (Å²) in [7, 11) is 0. The van der Waals surface area contributed by atoms with Crippen LogP contribution in [0.25, 0.3) is 0 Å². The van der Waals surface area contributed by atoms with Gasteiger partial charge >= 0.3 is 0 Å². The summed E-state index contributed by atoms with van der Waals surface area (Å²) in [5.74, 6) is 0. The first kappa shape index (κ1) is 27.7. The molecule has 0 aromatic carbocycles. The van der Waals surface area contributed by atoms with Crippen LogP contribution in [0.1, 0.15) is 105 Å². The maximum Gasteiger partial charge on any atom is 0.164 e. The largest absolute Gasteiger partial charge is 1.00 e. The molecular formula is C21H45Cl2NO. The first-order valence-electron chi connectivity index (χ1n) is 10.7. The number of hydrogen-bond acceptors (Lipinski definition) is 1. The zero-order chi connectivity index (χ0) is 18.3. The molecule has 0 heterocycles. The Hall–Kier alpha value is 0.500. The summed E-state index contributed by atoms with van der Waals surface area (Å²) in [5, 5.41) is 9.95. The first-order valence-corrected chi connectivity index (χ1v) is 11.1. The second-order valence-corrected chi connectivity index (χ2v) is 8.23. The fourth-order valence-corrected chi connectivity index (χ4v) is 4.24. The first-order chi connectivity index (χ1) is 11.5. The van der Waals surface area contributed by atoms with Crippen LogP contribution in [0.4, 0.5) is 0 Å². The smallest absolute Gasteiger partial charge is 0.164 e. The molecule has 0 aromatic rings. The Kier molecular flexibility index (Phi) is 19.8. The van der Waals surface area contributed by atoms with Crippen molar-refractivity contribution in [3.05, 3.63) is 0 Å². The molecule has 0 aliphatic carbocycles. The van der Waals surface area contributed by atoms with Crippen LogP contribution < -0.4 is 12.4 Å². The Morgan fingerprint density at radius 1 is 0.760 bits per heavy atom. The lowest BCUT2D eigenvalue weighted by molar-refractivity contribution is -0.942. The number of rotatable bonds is 17. The van der Waals surface area contributed by atoms with E-state index < -0.39 is 0 Å². The fourth-order valence-electron chi connectivity index (χ4n) is 3.96. The van der Waals surface area contributed by atoms with E-state index in [9.17, 15) is 5.11 Å². The van der Waals surface area contributed by atoms with E-state index in [1.54, 1.807) is 0 Å². The van der Waals surface area contributed by atoms with Gasteiger partial charge < -0.3 is 22.0 Å². The molecule has 4 heteroatoms. The molecule has 3 unspecified atom stereocenters. The van der Waals surface area contributed by atoms with Crippen LogP contribution in [0.15, 0.2) is 0 Å². The number of nitrogens with zero attached hydrogens (tertiary/aromatic N) is 1. The highest BCUT2D eigenvalue weighted by atomic mass is 35.5. The number of aliphatic hydroxyl groups excluding tert-OH is 1. The molecule has 0 saturated carbocycles. The van der Waals surface area contributed by atoms with Crippen LogP contribution in [-0.4, -0.2) is 40.8 Å². The van der Waals surface area contributed by atoms with Crippen LogP contribution in [-0.2, 0) is 0 Å². The highest BCUT2D eigenvalue weighted by molar-refractivity contribution is 6.19. The third-order valence-electron chi connectivity index (χ3n) is 5.18. The van der Waals surface area contributed by atoms with Crippen LogP contribution in [0.2, 0.25) is 0 Å². The maximum absolute atomic E-state index is 9.95. The zero-order valence-electron chi connectivity index (χ0n) is 17.4. The highest BCUT2D eigenvalue weighted by Gasteiger charge is 2.34. The second-order valence-electron chi connectivity index (χ2n) is 7.72. The molecule has 0 amide bonds. The molecule has 0 aliphatic rings. The summed E-state index contributed by atoms with van der Waals surface area (Å²) in [6.07, 6.45) is 15.5. The SMILES string of the molecule is CCCCCCCCCCCC[N+](CCC)(CC(C)O)C(Cl)CC.[Cl-]. The second kappa shape index (κ2) is 17.9. The Labute approximate surface area is 169 Å². The number of halogens is 2. The van der Waals surface area contributed by atoms with E-state index in [-0.39, 0.29) is 24.0 Å². The fraction of sp³-hybridized carbons (Fsp3) is 1.00. The quantitative estimate of drug-likeness (QED) is 0.172. The molecule has 3 atom stereocenters. The molecule has 0 aromatic heterocycles. The summed E-state index contributed by atoms with van der Waals surface area (Å²) in [4.78, 5) is 0. The van der Waals surface area contributed by atoms with E-state index >= 15 is 0 Å². The van der Waals surface area contributed by atoms with Gasteiger partial charge in [0.05, 0.1) is 13.1 Å². The average Bonchev–Trinajstić information content (AvgIpc) is 2.55. The number of alkyl halides is 1. The van der Waals surface area contributed by atoms with Crippen molar-refractivity contribution in [1.82, 2.24) is 0 Å². The standard InChI is InChI=1S/C21H45ClNO.ClH/c1-5-8-9-10-11-12-13-14-15-16-18-23(17-6-2,19-20(4)24)21(22)7-3;/h20-21,24H,5-19H2,1-4H3;1H/q+1;/p-1. The summed E-state index contributed by atoms with van der Waals surface area (Å²) in [5.41, 5.74) is 0.137. The topological polar surface area (TPSA) is 20.2 Å². The lowest BCUT2D eigenvalue weighted by Crippen LogP contribution is -3.00. The van der Waals surface area contributed by atoms with Gasteiger partial charge in [-0.1, -0.05) is 83.7 Å². The van der Waals surface area contributed by atoms with E-state index in [4.69, 9.17) is 11.6 Å². The molecule has 154 valence electrons.